The number of esters is 1. The number of methoxy groups -OCH3 is 2. The van der Waals surface area contributed by atoms with Gasteiger partial charge in [-0.3, -0.25) is 4.79 Å². The van der Waals surface area contributed by atoms with Crippen molar-refractivity contribution in [3.8, 4) is 5.88 Å². The quantitative estimate of drug-likeness (QED) is 0.849. The van der Waals surface area contributed by atoms with Crippen molar-refractivity contribution in [1.29, 1.82) is 0 Å². The van der Waals surface area contributed by atoms with E-state index in [9.17, 15) is 4.79 Å². The van der Waals surface area contributed by atoms with Gasteiger partial charge in [-0.1, -0.05) is 0 Å². The molecule has 1 aromatic heterocycles. The molecular formula is C14H21N3O3. The zero-order chi connectivity index (χ0) is 14.5. The lowest BCUT2D eigenvalue weighted by Gasteiger charge is -2.27. The van der Waals surface area contributed by atoms with Gasteiger partial charge in [-0.25, -0.2) is 4.98 Å². The van der Waals surface area contributed by atoms with Crippen LogP contribution in [0.1, 0.15) is 31.4 Å². The lowest BCUT2D eigenvalue weighted by molar-refractivity contribution is -0.146. The maximum Gasteiger partial charge on any atom is 0.308 e. The normalized spacial score (nSPS) is 22.1. The Balaban J connectivity index is 1.92. The molecule has 110 valence electrons. The molecule has 0 unspecified atom stereocenters. The number of rotatable bonds is 4. The third-order valence-electron chi connectivity index (χ3n) is 3.63. The molecule has 1 aromatic rings. The Morgan fingerprint density at radius 2 is 1.95 bits per heavy atom. The van der Waals surface area contributed by atoms with Gasteiger partial charge in [0, 0.05) is 17.8 Å². The molecule has 0 radical (unpaired) electrons. The standard InChI is InChI=1S/C14H21N3O3/c1-9-8-12(19-2)17-14(15-9)16-11-6-4-10(5-7-11)13(18)20-3/h8,10-11H,4-7H2,1-3H3,(H,15,16,17). The average Bonchev–Trinajstić information content (AvgIpc) is 2.46. The summed E-state index contributed by atoms with van der Waals surface area (Å²) in [5, 5.41) is 3.32. The highest BCUT2D eigenvalue weighted by Gasteiger charge is 2.27. The summed E-state index contributed by atoms with van der Waals surface area (Å²) < 4.78 is 9.92. The molecule has 1 aliphatic rings. The topological polar surface area (TPSA) is 73.3 Å². The Kier molecular flexibility index (Phi) is 4.76. The number of carbonyl (C=O) groups excluding carboxylic acids is 1. The van der Waals surface area contributed by atoms with E-state index in [0.717, 1.165) is 31.4 Å². The maximum atomic E-state index is 11.5. The van der Waals surface area contributed by atoms with E-state index in [1.807, 2.05) is 6.92 Å². The summed E-state index contributed by atoms with van der Waals surface area (Å²) in [4.78, 5) is 20.1. The van der Waals surface area contributed by atoms with Gasteiger partial charge in [-0.2, -0.15) is 4.98 Å². The highest BCUT2D eigenvalue weighted by Crippen LogP contribution is 2.27. The van der Waals surface area contributed by atoms with E-state index in [2.05, 4.69) is 15.3 Å². The van der Waals surface area contributed by atoms with Crippen LogP contribution < -0.4 is 10.1 Å². The van der Waals surface area contributed by atoms with Crippen LogP contribution in [0.25, 0.3) is 0 Å². The van der Waals surface area contributed by atoms with Crippen molar-refractivity contribution < 1.29 is 14.3 Å². The van der Waals surface area contributed by atoms with Gasteiger partial charge in [0.05, 0.1) is 20.1 Å². The van der Waals surface area contributed by atoms with E-state index in [1.54, 1.807) is 13.2 Å². The summed E-state index contributed by atoms with van der Waals surface area (Å²) in [6.45, 7) is 1.91. The fourth-order valence-electron chi connectivity index (χ4n) is 2.53. The van der Waals surface area contributed by atoms with E-state index >= 15 is 0 Å². The van der Waals surface area contributed by atoms with Crippen LogP contribution in [0.5, 0.6) is 5.88 Å². The number of anilines is 1. The summed E-state index contributed by atoms with van der Waals surface area (Å²) in [7, 11) is 3.03. The van der Waals surface area contributed by atoms with E-state index in [0.29, 0.717) is 17.9 Å². The number of carbonyl (C=O) groups is 1. The monoisotopic (exact) mass is 279 g/mol. The Labute approximate surface area is 118 Å². The van der Waals surface area contributed by atoms with Crippen LogP contribution in [-0.4, -0.2) is 36.2 Å². The Bertz CT molecular complexity index is 471. The van der Waals surface area contributed by atoms with Crippen LogP contribution in [0, 0.1) is 12.8 Å². The predicted octanol–water partition coefficient (Wildman–Crippen LogP) is 1.94. The first kappa shape index (κ1) is 14.6. The van der Waals surface area contributed by atoms with Crippen LogP contribution >= 0.6 is 0 Å². The van der Waals surface area contributed by atoms with Crippen molar-refractivity contribution in [2.75, 3.05) is 19.5 Å². The average molecular weight is 279 g/mol. The van der Waals surface area contributed by atoms with Gasteiger partial charge >= 0.3 is 5.97 Å². The molecule has 1 saturated carbocycles. The molecule has 0 atom stereocenters. The molecule has 0 saturated heterocycles. The van der Waals surface area contributed by atoms with Gasteiger partial charge in [-0.15, -0.1) is 0 Å². The minimum absolute atomic E-state index is 0.0333. The molecule has 0 bridgehead atoms. The zero-order valence-electron chi connectivity index (χ0n) is 12.2. The molecule has 0 spiro atoms. The van der Waals surface area contributed by atoms with Gasteiger partial charge in [-0.05, 0) is 32.6 Å². The second-order valence-electron chi connectivity index (χ2n) is 5.09. The summed E-state index contributed by atoms with van der Waals surface area (Å²) in [6, 6.07) is 2.08. The van der Waals surface area contributed by atoms with Crippen LogP contribution in [0.2, 0.25) is 0 Å². The third-order valence-corrected chi connectivity index (χ3v) is 3.63. The van der Waals surface area contributed by atoms with Crippen molar-refractivity contribution in [3.63, 3.8) is 0 Å². The highest BCUT2D eigenvalue weighted by molar-refractivity contribution is 5.72. The number of ether oxygens (including phenoxy) is 2. The molecule has 1 N–H and O–H groups in total. The largest absolute Gasteiger partial charge is 0.481 e. The molecular weight excluding hydrogens is 258 g/mol. The summed E-state index contributed by atoms with van der Waals surface area (Å²) in [6.07, 6.45) is 3.51. The molecule has 0 aliphatic heterocycles. The molecule has 20 heavy (non-hydrogen) atoms. The lowest BCUT2D eigenvalue weighted by atomic mass is 9.86. The fraction of sp³-hybridized carbons (Fsp3) is 0.643. The van der Waals surface area contributed by atoms with E-state index in [-0.39, 0.29) is 11.9 Å². The number of hydrogen-bond acceptors (Lipinski definition) is 6. The number of hydrogen-bond donors (Lipinski definition) is 1. The summed E-state index contributed by atoms with van der Waals surface area (Å²) >= 11 is 0. The van der Waals surface area contributed by atoms with Crippen LogP contribution in [-0.2, 0) is 9.53 Å². The summed E-state index contributed by atoms with van der Waals surface area (Å²) in [5.74, 6) is 1.08. The first-order valence-corrected chi connectivity index (χ1v) is 6.86. The number of aromatic nitrogens is 2. The SMILES string of the molecule is COC(=O)C1CCC(Nc2nc(C)cc(OC)n2)CC1. The second kappa shape index (κ2) is 6.54. The maximum absolute atomic E-state index is 11.5. The van der Waals surface area contributed by atoms with Crippen molar-refractivity contribution in [3.05, 3.63) is 11.8 Å². The predicted molar refractivity (Wildman–Crippen MR) is 74.7 cm³/mol. The van der Waals surface area contributed by atoms with E-state index in [1.165, 1.54) is 7.11 Å². The third kappa shape index (κ3) is 3.59. The molecule has 1 aliphatic carbocycles. The first-order valence-electron chi connectivity index (χ1n) is 6.86. The van der Waals surface area contributed by atoms with Crippen molar-refractivity contribution >= 4 is 11.9 Å². The fourth-order valence-corrected chi connectivity index (χ4v) is 2.53. The minimum Gasteiger partial charge on any atom is -0.481 e. The molecule has 1 heterocycles. The van der Waals surface area contributed by atoms with Crippen molar-refractivity contribution in [2.45, 2.75) is 38.6 Å². The molecule has 0 amide bonds. The zero-order valence-corrected chi connectivity index (χ0v) is 12.2. The Morgan fingerprint density at radius 1 is 1.25 bits per heavy atom. The van der Waals surface area contributed by atoms with Crippen LogP contribution in [0.3, 0.4) is 0 Å². The van der Waals surface area contributed by atoms with Crippen molar-refractivity contribution in [2.24, 2.45) is 5.92 Å². The molecule has 6 heteroatoms. The van der Waals surface area contributed by atoms with Gasteiger partial charge < -0.3 is 14.8 Å². The van der Waals surface area contributed by atoms with E-state index in [4.69, 9.17) is 9.47 Å². The number of nitrogens with one attached hydrogen (secondary N) is 1. The van der Waals surface area contributed by atoms with Gasteiger partial charge in [0.25, 0.3) is 0 Å². The minimum atomic E-state index is -0.100. The molecule has 0 aromatic carbocycles. The van der Waals surface area contributed by atoms with Gasteiger partial charge in [0.2, 0.25) is 11.8 Å². The van der Waals surface area contributed by atoms with Gasteiger partial charge in [0.1, 0.15) is 0 Å². The molecule has 1 fully saturated rings. The smallest absolute Gasteiger partial charge is 0.308 e. The summed E-state index contributed by atoms with van der Waals surface area (Å²) in [5.41, 5.74) is 0.864. The van der Waals surface area contributed by atoms with Crippen LogP contribution in [0.4, 0.5) is 5.95 Å². The van der Waals surface area contributed by atoms with Crippen LogP contribution in [0.15, 0.2) is 6.07 Å². The van der Waals surface area contributed by atoms with Gasteiger partial charge in [0.15, 0.2) is 0 Å². The Hall–Kier alpha value is -1.85. The highest BCUT2D eigenvalue weighted by atomic mass is 16.5. The number of nitrogens with zero attached hydrogens (tertiary/aromatic N) is 2. The number of aryl methyl sites for hydroxylation is 1. The first-order chi connectivity index (χ1) is 9.62. The van der Waals surface area contributed by atoms with Crippen molar-refractivity contribution in [1.82, 2.24) is 9.97 Å². The second-order valence-corrected chi connectivity index (χ2v) is 5.09. The molecule has 6 nitrogen and oxygen atoms in total. The molecule has 2 rings (SSSR count). The Morgan fingerprint density at radius 3 is 2.55 bits per heavy atom. The van der Waals surface area contributed by atoms with E-state index < -0.39 is 0 Å². The lowest BCUT2D eigenvalue weighted by Crippen LogP contribution is -2.30.